The van der Waals surface area contributed by atoms with Gasteiger partial charge in [0.15, 0.2) is 16.3 Å². The van der Waals surface area contributed by atoms with Gasteiger partial charge in [-0.15, -0.1) is 0 Å². The van der Waals surface area contributed by atoms with Gasteiger partial charge < -0.3 is 14.0 Å². The van der Waals surface area contributed by atoms with E-state index in [9.17, 15) is 8.42 Å². The van der Waals surface area contributed by atoms with Crippen molar-refractivity contribution in [2.75, 3.05) is 18.4 Å². The molecule has 4 aromatic rings. The molecule has 2 aromatic heterocycles. The minimum Gasteiger partial charge on any atom is -0.495 e. The highest BCUT2D eigenvalue weighted by molar-refractivity contribution is 7.93. The van der Waals surface area contributed by atoms with Crippen molar-refractivity contribution < 1.29 is 22.4 Å². The highest BCUT2D eigenvalue weighted by Gasteiger charge is 2.36. The van der Waals surface area contributed by atoms with Gasteiger partial charge in [0.1, 0.15) is 11.5 Å². The largest absolute Gasteiger partial charge is 0.495 e. The van der Waals surface area contributed by atoms with Crippen LogP contribution in [-0.4, -0.2) is 37.1 Å². The van der Waals surface area contributed by atoms with E-state index in [4.69, 9.17) is 25.6 Å². The Morgan fingerprint density at radius 1 is 1.29 bits per heavy atom. The lowest BCUT2D eigenvalue weighted by Gasteiger charge is -2.33. The second-order valence-electron chi connectivity index (χ2n) is 8.75. The first-order valence-corrected chi connectivity index (χ1v) is 12.5. The molecule has 3 heterocycles. The third kappa shape index (κ3) is 3.86. The number of hydrogen-bond acceptors (Lipinski definition) is 7. The van der Waals surface area contributed by atoms with E-state index in [-0.39, 0.29) is 27.6 Å². The second-order valence-corrected chi connectivity index (χ2v) is 10.8. The molecule has 0 radical (unpaired) electrons. The Morgan fingerprint density at radius 2 is 2.12 bits per heavy atom. The highest BCUT2D eigenvalue weighted by atomic mass is 35.5. The molecule has 0 atom stereocenters. The van der Waals surface area contributed by atoms with Crippen LogP contribution >= 0.6 is 11.6 Å². The molecule has 11 heteroatoms. The summed E-state index contributed by atoms with van der Waals surface area (Å²) in [6.07, 6.45) is 4.28. The molecule has 5 rings (SSSR count). The molecule has 0 unspecified atom stereocenters. The number of nitrogens with one attached hydrogen (secondary N) is 1. The highest BCUT2D eigenvalue weighted by Crippen LogP contribution is 2.46. The number of halogens is 1. The Hall–Kier alpha value is -3.24. The molecule has 0 saturated heterocycles. The summed E-state index contributed by atoms with van der Waals surface area (Å²) in [6, 6.07) is 8.79. The smallest absolute Gasteiger partial charge is 0.270 e. The molecule has 0 amide bonds. The van der Waals surface area contributed by atoms with E-state index in [1.807, 2.05) is 18.3 Å². The molecular formula is C23H23ClN4O5S. The van der Waals surface area contributed by atoms with Gasteiger partial charge in [0.2, 0.25) is 0 Å². The van der Waals surface area contributed by atoms with E-state index in [0.717, 1.165) is 17.5 Å². The van der Waals surface area contributed by atoms with Gasteiger partial charge in [0, 0.05) is 18.0 Å². The van der Waals surface area contributed by atoms with Crippen molar-refractivity contribution >= 4 is 38.4 Å². The zero-order valence-electron chi connectivity index (χ0n) is 18.8. The monoisotopic (exact) mass is 502 g/mol. The summed E-state index contributed by atoms with van der Waals surface area (Å²) < 4.78 is 48.1. The maximum Gasteiger partial charge on any atom is 0.270 e. The number of sulfonamides is 1. The molecule has 1 N–H and O–H groups in total. The van der Waals surface area contributed by atoms with Gasteiger partial charge in [-0.05, 0) is 41.7 Å². The zero-order valence-corrected chi connectivity index (χ0v) is 20.4. The molecular weight excluding hydrogens is 480 g/mol. The van der Waals surface area contributed by atoms with Crippen LogP contribution in [0.25, 0.3) is 11.0 Å². The maximum atomic E-state index is 13.6. The lowest BCUT2D eigenvalue weighted by Crippen LogP contribution is -2.28. The first-order chi connectivity index (χ1) is 16.2. The average molecular weight is 503 g/mol. The van der Waals surface area contributed by atoms with Crippen molar-refractivity contribution in [2.45, 2.75) is 37.1 Å². The number of ether oxygens (including phenoxy) is 2. The van der Waals surface area contributed by atoms with Crippen LogP contribution in [0.5, 0.6) is 11.5 Å². The minimum atomic E-state index is -4.17. The quantitative estimate of drug-likeness (QED) is 0.410. The third-order valence-corrected chi connectivity index (χ3v) is 7.67. The number of aromatic nitrogens is 3. The van der Waals surface area contributed by atoms with Gasteiger partial charge >= 0.3 is 0 Å². The van der Waals surface area contributed by atoms with Crippen molar-refractivity contribution in [1.29, 1.82) is 0 Å². The molecule has 0 spiro atoms. The molecule has 1 aliphatic heterocycles. The summed E-state index contributed by atoms with van der Waals surface area (Å²) in [5.41, 5.74) is 1.73. The average Bonchev–Trinajstić information content (AvgIpc) is 3.42. The number of rotatable bonds is 6. The van der Waals surface area contributed by atoms with E-state index in [1.54, 1.807) is 29.1 Å². The Bertz CT molecular complexity index is 1480. The lowest BCUT2D eigenvalue weighted by atomic mass is 9.80. The first kappa shape index (κ1) is 22.5. The fourth-order valence-corrected chi connectivity index (χ4v) is 5.82. The van der Waals surface area contributed by atoms with Crippen LogP contribution in [0.4, 0.5) is 5.82 Å². The second kappa shape index (κ2) is 8.21. The fourth-order valence-electron chi connectivity index (χ4n) is 4.18. The summed E-state index contributed by atoms with van der Waals surface area (Å²) in [5, 5.41) is 8.79. The third-order valence-electron chi connectivity index (χ3n) is 5.99. The van der Waals surface area contributed by atoms with E-state index in [0.29, 0.717) is 29.1 Å². The summed E-state index contributed by atoms with van der Waals surface area (Å²) in [6.45, 7) is 4.98. The predicted molar refractivity (Wildman–Crippen MR) is 127 cm³/mol. The molecule has 0 saturated carbocycles. The van der Waals surface area contributed by atoms with E-state index >= 15 is 0 Å². The van der Waals surface area contributed by atoms with Crippen LogP contribution in [-0.2, 0) is 22.0 Å². The van der Waals surface area contributed by atoms with Gasteiger partial charge in [-0.3, -0.25) is 9.40 Å². The Balaban J connectivity index is 1.56. The number of nitrogens with zero attached hydrogens (tertiary/aromatic N) is 3. The Kier molecular flexibility index (Phi) is 5.44. The van der Waals surface area contributed by atoms with Crippen LogP contribution in [0.1, 0.15) is 31.4 Å². The maximum absolute atomic E-state index is 13.6. The van der Waals surface area contributed by atoms with E-state index < -0.39 is 10.0 Å². The summed E-state index contributed by atoms with van der Waals surface area (Å²) in [5.74, 6) is 0.438. The van der Waals surface area contributed by atoms with Gasteiger partial charge in [0.25, 0.3) is 10.0 Å². The fraction of sp³-hybridized carbons (Fsp3) is 0.304. The number of methoxy groups -OCH3 is 1. The van der Waals surface area contributed by atoms with Gasteiger partial charge in [0.05, 0.1) is 30.7 Å². The minimum absolute atomic E-state index is 0.0136. The molecule has 0 fully saturated rings. The van der Waals surface area contributed by atoms with Gasteiger partial charge in [-0.2, -0.15) is 5.10 Å². The van der Waals surface area contributed by atoms with Crippen molar-refractivity contribution in [3.05, 3.63) is 58.9 Å². The molecule has 1 aliphatic rings. The molecule has 178 valence electrons. The first-order valence-electron chi connectivity index (χ1n) is 10.6. The number of benzene rings is 2. The normalized spacial score (nSPS) is 15.1. The van der Waals surface area contributed by atoms with Gasteiger partial charge in [-0.25, -0.2) is 8.42 Å². The lowest BCUT2D eigenvalue weighted by molar-refractivity contribution is 0.225. The van der Waals surface area contributed by atoms with Crippen molar-refractivity contribution in [3.63, 3.8) is 0 Å². The molecule has 0 aliphatic carbocycles. The summed E-state index contributed by atoms with van der Waals surface area (Å²) in [4.78, 5) is -0.0807. The SMILES string of the molecule is COc1ccc2c(c1S(=O)(=O)Nc1noc3cc(Cn4cccn4)cc(Cl)c13)OCCC2(C)C. The van der Waals surface area contributed by atoms with Crippen molar-refractivity contribution in [1.82, 2.24) is 14.9 Å². The van der Waals surface area contributed by atoms with Crippen molar-refractivity contribution in [2.24, 2.45) is 0 Å². The van der Waals surface area contributed by atoms with Crippen LogP contribution in [0.2, 0.25) is 5.02 Å². The standard InChI is InChI=1S/C23H23ClN4O5S/c1-23(2)7-10-32-20-15(23)5-6-17(31-3)21(20)34(29,30)27-22-19-16(24)11-14(12-18(19)33-26-22)13-28-9-4-8-25-28/h4-6,8-9,11-12H,7,10,13H2,1-3H3,(H,26,27). The summed E-state index contributed by atoms with van der Waals surface area (Å²) in [7, 11) is -2.76. The van der Waals surface area contributed by atoms with Crippen LogP contribution < -0.4 is 14.2 Å². The van der Waals surface area contributed by atoms with Gasteiger partial charge in [-0.1, -0.05) is 36.7 Å². The van der Waals surface area contributed by atoms with E-state index in [1.165, 1.54) is 7.11 Å². The van der Waals surface area contributed by atoms with Crippen LogP contribution in [0.15, 0.2) is 52.1 Å². The van der Waals surface area contributed by atoms with Crippen LogP contribution in [0.3, 0.4) is 0 Å². The summed E-state index contributed by atoms with van der Waals surface area (Å²) >= 11 is 6.52. The van der Waals surface area contributed by atoms with Crippen LogP contribution in [0, 0.1) is 0 Å². The molecule has 34 heavy (non-hydrogen) atoms. The zero-order chi connectivity index (χ0) is 24.1. The predicted octanol–water partition coefficient (Wildman–Crippen LogP) is 4.60. The topological polar surface area (TPSA) is 108 Å². The molecule has 2 aromatic carbocycles. The Labute approximate surface area is 201 Å². The number of fused-ring (bicyclic) bond motifs is 2. The molecule has 9 nitrogen and oxygen atoms in total. The Morgan fingerprint density at radius 3 is 2.85 bits per heavy atom. The number of hydrogen-bond donors (Lipinski definition) is 1. The van der Waals surface area contributed by atoms with E-state index in [2.05, 4.69) is 28.8 Å². The van der Waals surface area contributed by atoms with Crippen molar-refractivity contribution in [3.8, 4) is 11.5 Å². The number of anilines is 1. The molecule has 0 bridgehead atoms.